The van der Waals surface area contributed by atoms with Crippen molar-refractivity contribution in [1.29, 1.82) is 0 Å². The second-order valence-corrected chi connectivity index (χ2v) is 4.82. The van der Waals surface area contributed by atoms with Crippen LogP contribution in [0.15, 0.2) is 0 Å². The minimum absolute atomic E-state index is 0.0455. The summed E-state index contributed by atoms with van der Waals surface area (Å²) in [7, 11) is 1.38. The van der Waals surface area contributed by atoms with Gasteiger partial charge in [0.05, 0.1) is 0 Å². The molecule has 1 aliphatic rings. The fourth-order valence-electron chi connectivity index (χ4n) is 1.49. The number of nitrogens with zero attached hydrogens (tertiary/aromatic N) is 2. The lowest BCUT2D eigenvalue weighted by Crippen LogP contribution is -2.46. The molecule has 1 aliphatic carbocycles. The van der Waals surface area contributed by atoms with E-state index < -0.39 is 29.8 Å². The van der Waals surface area contributed by atoms with Crippen LogP contribution in [0.5, 0.6) is 0 Å². The zero-order chi connectivity index (χ0) is 15.8. The van der Waals surface area contributed by atoms with E-state index >= 15 is 0 Å². The molecule has 0 aromatic rings. The maximum atomic E-state index is 11.9. The van der Waals surface area contributed by atoms with Gasteiger partial charge in [-0.2, -0.15) is 4.79 Å². The largest absolute Gasteiger partial charge is 0.461 e. The fraction of sp³-hybridized carbons (Fsp3) is 0.692. The first-order valence-corrected chi connectivity index (χ1v) is 6.71. The first-order valence-electron chi connectivity index (χ1n) is 6.71. The lowest BCUT2D eigenvalue weighted by Gasteiger charge is -2.18. The van der Waals surface area contributed by atoms with Gasteiger partial charge in [-0.05, 0) is 26.2 Å². The molecule has 1 amide bonds. The molecule has 2 atom stereocenters. The third-order valence-electron chi connectivity index (χ3n) is 3.01. The van der Waals surface area contributed by atoms with Gasteiger partial charge in [-0.3, -0.25) is 9.59 Å². The molecule has 0 saturated heterocycles. The van der Waals surface area contributed by atoms with E-state index in [0.29, 0.717) is 0 Å². The molecule has 0 heterocycles. The Morgan fingerprint density at radius 2 is 2.10 bits per heavy atom. The van der Waals surface area contributed by atoms with Crippen molar-refractivity contribution in [2.75, 3.05) is 7.11 Å². The van der Waals surface area contributed by atoms with E-state index in [-0.39, 0.29) is 18.9 Å². The number of Topliss-reactive ketones (excluding diaryl/α,β-unsaturated/α-hetero) is 1. The number of ether oxygens (including phenoxy) is 2. The Hall–Kier alpha value is -2.05. The Balaban J connectivity index is 2.59. The Morgan fingerprint density at radius 1 is 1.43 bits per heavy atom. The summed E-state index contributed by atoms with van der Waals surface area (Å²) >= 11 is 0. The zero-order valence-electron chi connectivity index (χ0n) is 12.1. The Kier molecular flexibility index (Phi) is 6.71. The molecule has 0 bridgehead atoms. The number of methoxy groups -OCH3 is 1. The number of ketones is 1. The number of nitrogens with one attached hydrogen (secondary N) is 1. The van der Waals surface area contributed by atoms with E-state index in [2.05, 4.69) is 10.1 Å². The smallest absolute Gasteiger partial charge is 0.328 e. The maximum absolute atomic E-state index is 11.9. The molecule has 21 heavy (non-hydrogen) atoms. The lowest BCUT2D eigenvalue weighted by atomic mass is 10.1. The summed E-state index contributed by atoms with van der Waals surface area (Å²) < 4.78 is 10.0. The van der Waals surface area contributed by atoms with Gasteiger partial charge in [-0.15, -0.1) is 0 Å². The van der Waals surface area contributed by atoms with Gasteiger partial charge in [0, 0.05) is 13.5 Å². The molecule has 0 radical (unpaired) electrons. The van der Waals surface area contributed by atoms with Crippen LogP contribution >= 0.6 is 0 Å². The summed E-state index contributed by atoms with van der Waals surface area (Å²) in [4.78, 5) is 37.6. The molecule has 0 aromatic heterocycles. The second kappa shape index (κ2) is 8.28. The molecule has 0 spiro atoms. The molecule has 1 fully saturated rings. The minimum Gasteiger partial charge on any atom is -0.461 e. The van der Waals surface area contributed by atoms with Crippen LogP contribution in [0, 0.1) is 0 Å². The third kappa shape index (κ3) is 6.29. The van der Waals surface area contributed by atoms with Gasteiger partial charge in [0.2, 0.25) is 11.7 Å². The Morgan fingerprint density at radius 3 is 2.62 bits per heavy atom. The van der Waals surface area contributed by atoms with Gasteiger partial charge in [0.1, 0.15) is 18.2 Å². The molecule has 8 heteroatoms. The molecular formula is C13H19N3O5. The monoisotopic (exact) mass is 297 g/mol. The van der Waals surface area contributed by atoms with Crippen molar-refractivity contribution in [3.8, 4) is 0 Å². The summed E-state index contributed by atoms with van der Waals surface area (Å²) in [6.07, 6.45) is 1.60. The van der Waals surface area contributed by atoms with Gasteiger partial charge in [0.15, 0.2) is 0 Å². The van der Waals surface area contributed by atoms with Crippen LogP contribution in [0.4, 0.5) is 0 Å². The Bertz CT molecular complexity index is 455. The molecule has 8 nitrogen and oxygen atoms in total. The zero-order valence-corrected chi connectivity index (χ0v) is 12.1. The van der Waals surface area contributed by atoms with Crippen LogP contribution < -0.4 is 5.32 Å². The topological polar surface area (TPSA) is 118 Å². The van der Waals surface area contributed by atoms with Crippen LogP contribution in [0.25, 0.3) is 5.53 Å². The van der Waals surface area contributed by atoms with Crippen LogP contribution in [-0.2, 0) is 23.9 Å². The average molecular weight is 297 g/mol. The summed E-state index contributed by atoms with van der Waals surface area (Å²) in [6, 6.07) is -0.924. The number of esters is 1. The van der Waals surface area contributed by atoms with Gasteiger partial charge in [-0.1, -0.05) is 0 Å². The lowest BCUT2D eigenvalue weighted by molar-refractivity contribution is -0.150. The first kappa shape index (κ1) is 17.0. The van der Waals surface area contributed by atoms with E-state index in [1.165, 1.54) is 7.11 Å². The van der Waals surface area contributed by atoms with E-state index in [4.69, 9.17) is 15.0 Å². The van der Waals surface area contributed by atoms with Crippen LogP contribution in [0.3, 0.4) is 0 Å². The normalized spacial score (nSPS) is 16.3. The van der Waals surface area contributed by atoms with Crippen molar-refractivity contribution in [1.82, 2.24) is 5.32 Å². The standard InChI is InChI=1S/C13H19N3O5/c1-8(20-2)12(18)16-11(6-3-9(17)7-15-14)13(19)21-10-4-5-10/h7-8,10-11H,3-6H2,1-2H3,(H,16,18)/t8-,11-/m0/s1. The predicted molar refractivity (Wildman–Crippen MR) is 71.4 cm³/mol. The molecule has 1 saturated carbocycles. The summed E-state index contributed by atoms with van der Waals surface area (Å²) in [5, 5.41) is 2.50. The molecular weight excluding hydrogens is 278 g/mol. The van der Waals surface area contributed by atoms with E-state index in [1.807, 2.05) is 0 Å². The van der Waals surface area contributed by atoms with Crippen molar-refractivity contribution < 1.29 is 28.6 Å². The number of rotatable bonds is 9. The van der Waals surface area contributed by atoms with Crippen LogP contribution in [0.2, 0.25) is 0 Å². The number of amides is 1. The van der Waals surface area contributed by atoms with Crippen molar-refractivity contribution in [3.63, 3.8) is 0 Å². The first-order chi connectivity index (χ1) is 9.97. The predicted octanol–water partition coefficient (Wildman–Crippen LogP) is -0.138. The van der Waals surface area contributed by atoms with Crippen molar-refractivity contribution >= 4 is 23.9 Å². The highest BCUT2D eigenvalue weighted by molar-refractivity contribution is 6.25. The number of hydrogen-bond donors (Lipinski definition) is 1. The fourth-order valence-corrected chi connectivity index (χ4v) is 1.49. The van der Waals surface area contributed by atoms with Crippen molar-refractivity contribution in [2.24, 2.45) is 0 Å². The number of carbonyl (C=O) groups is 3. The summed E-state index contributed by atoms with van der Waals surface area (Å²) in [5.74, 6) is -1.47. The van der Waals surface area contributed by atoms with Crippen LogP contribution in [-0.4, -0.2) is 54.0 Å². The average Bonchev–Trinajstić information content (AvgIpc) is 3.26. The Labute approximate surface area is 122 Å². The van der Waals surface area contributed by atoms with E-state index in [0.717, 1.165) is 19.1 Å². The quantitative estimate of drug-likeness (QED) is 0.275. The number of hydrogen-bond acceptors (Lipinski definition) is 5. The minimum atomic E-state index is -0.924. The second-order valence-electron chi connectivity index (χ2n) is 4.82. The maximum Gasteiger partial charge on any atom is 0.328 e. The van der Waals surface area contributed by atoms with Gasteiger partial charge in [-0.25, -0.2) is 4.79 Å². The van der Waals surface area contributed by atoms with Crippen molar-refractivity contribution in [2.45, 2.75) is 50.9 Å². The SMILES string of the molecule is CO[C@@H](C)C(=O)N[C@@H](CCC(=O)C=[N+]=[N-])C(=O)OC1CC1. The molecule has 0 aliphatic heterocycles. The van der Waals surface area contributed by atoms with E-state index in [9.17, 15) is 14.4 Å². The highest BCUT2D eigenvalue weighted by atomic mass is 16.5. The molecule has 116 valence electrons. The summed E-state index contributed by atoms with van der Waals surface area (Å²) in [6.45, 7) is 1.54. The third-order valence-corrected chi connectivity index (χ3v) is 3.01. The van der Waals surface area contributed by atoms with Crippen molar-refractivity contribution in [3.05, 3.63) is 5.53 Å². The van der Waals surface area contributed by atoms with Gasteiger partial charge in [0.25, 0.3) is 0 Å². The van der Waals surface area contributed by atoms with E-state index in [1.54, 1.807) is 6.92 Å². The highest BCUT2D eigenvalue weighted by Gasteiger charge is 2.31. The van der Waals surface area contributed by atoms with Gasteiger partial charge >= 0.3 is 12.2 Å². The molecule has 0 aromatic carbocycles. The molecule has 0 unspecified atom stereocenters. The molecule has 1 N–H and O–H groups in total. The number of carbonyl (C=O) groups excluding carboxylic acids is 3. The van der Waals surface area contributed by atoms with Crippen LogP contribution in [0.1, 0.15) is 32.6 Å². The summed E-state index contributed by atoms with van der Waals surface area (Å²) in [5.41, 5.74) is 8.26. The molecule has 1 rings (SSSR count). The highest BCUT2D eigenvalue weighted by Crippen LogP contribution is 2.24. The van der Waals surface area contributed by atoms with Gasteiger partial charge < -0.3 is 20.3 Å².